The number of carbonyl (C=O) groups excluding carboxylic acids is 2. The highest BCUT2D eigenvalue weighted by molar-refractivity contribution is 5.69. The number of unbranched alkanes of at least 4 members (excludes halogenated alkanes) is 18. The quantitative estimate of drug-likeness (QED) is 0.0309. The van der Waals surface area contributed by atoms with Crippen molar-refractivity contribution in [1.82, 2.24) is 0 Å². The molecule has 0 spiro atoms. The van der Waals surface area contributed by atoms with Gasteiger partial charge in [0, 0.05) is 12.8 Å². The van der Waals surface area contributed by atoms with Crippen molar-refractivity contribution < 1.29 is 29.3 Å². The minimum absolute atomic E-state index is 0.147. The summed E-state index contributed by atoms with van der Waals surface area (Å²) in [4.78, 5) is 23.9. The van der Waals surface area contributed by atoms with Gasteiger partial charge < -0.3 is 19.7 Å². The Morgan fingerprint density at radius 2 is 1.00 bits per heavy atom. The number of hydrogen-bond acceptors (Lipinski definition) is 6. The van der Waals surface area contributed by atoms with E-state index in [4.69, 9.17) is 9.47 Å². The molecule has 0 aliphatic heterocycles. The lowest BCUT2D eigenvalue weighted by molar-refractivity contribution is -0.152. The van der Waals surface area contributed by atoms with E-state index in [9.17, 15) is 19.8 Å². The number of hydrogen-bond donors (Lipinski definition) is 2. The molecule has 0 aromatic rings. The Morgan fingerprint density at radius 1 is 0.532 bits per heavy atom. The molecule has 0 aromatic carbocycles. The molecule has 0 saturated heterocycles. The molecule has 0 fully saturated rings. The zero-order chi connectivity index (χ0) is 34.5. The minimum atomic E-state index is -1.00. The molecule has 0 aliphatic carbocycles. The summed E-state index contributed by atoms with van der Waals surface area (Å²) in [5.41, 5.74) is 0. The lowest BCUT2D eigenvalue weighted by Crippen LogP contribution is -2.25. The van der Waals surface area contributed by atoms with Crippen molar-refractivity contribution in [2.45, 2.75) is 187 Å². The zero-order valence-corrected chi connectivity index (χ0v) is 30.4. The van der Waals surface area contributed by atoms with E-state index >= 15 is 0 Å². The van der Waals surface area contributed by atoms with Crippen LogP contribution >= 0.6 is 0 Å². The van der Waals surface area contributed by atoms with E-state index < -0.39 is 12.2 Å². The van der Waals surface area contributed by atoms with Gasteiger partial charge in [-0.05, 0) is 44.9 Å². The molecule has 6 heteroatoms. The molecule has 47 heavy (non-hydrogen) atoms. The van der Waals surface area contributed by atoms with Crippen LogP contribution in [0.2, 0.25) is 0 Å². The maximum absolute atomic E-state index is 11.9. The number of allylic oxidation sites excluding steroid dienone is 6. The predicted molar refractivity (Wildman–Crippen MR) is 197 cm³/mol. The number of ether oxygens (including phenoxy) is 2. The molecule has 272 valence electrons. The van der Waals surface area contributed by atoms with Crippen LogP contribution in [0.15, 0.2) is 48.6 Å². The van der Waals surface area contributed by atoms with Crippen molar-refractivity contribution in [3.8, 4) is 0 Å². The Balaban J connectivity index is 3.60. The molecular weight excluding hydrogens is 588 g/mol. The largest absolute Gasteiger partial charge is 0.463 e. The Hall–Kier alpha value is -2.18. The van der Waals surface area contributed by atoms with Gasteiger partial charge >= 0.3 is 11.9 Å². The van der Waals surface area contributed by atoms with E-state index in [1.54, 1.807) is 6.08 Å². The fourth-order valence-electron chi connectivity index (χ4n) is 5.16. The van der Waals surface area contributed by atoms with E-state index in [1.165, 1.54) is 96.3 Å². The smallest absolute Gasteiger partial charge is 0.305 e. The Bertz CT molecular complexity index is 815. The van der Waals surface area contributed by atoms with Gasteiger partial charge in [-0.2, -0.15) is 0 Å². The van der Waals surface area contributed by atoms with E-state index in [-0.39, 0.29) is 31.6 Å². The summed E-state index contributed by atoms with van der Waals surface area (Å²) in [6, 6.07) is 0. The van der Waals surface area contributed by atoms with Crippen molar-refractivity contribution in [2.24, 2.45) is 0 Å². The van der Waals surface area contributed by atoms with Crippen LogP contribution in [0.25, 0.3) is 0 Å². The van der Waals surface area contributed by atoms with Crippen LogP contribution in [0.4, 0.5) is 0 Å². The predicted octanol–water partition coefficient (Wildman–Crippen LogP) is 10.8. The molecule has 0 saturated carbocycles. The summed E-state index contributed by atoms with van der Waals surface area (Å²) in [6.07, 6.45) is 41.9. The highest BCUT2D eigenvalue weighted by atomic mass is 16.6. The normalized spacial score (nSPS) is 13.4. The van der Waals surface area contributed by atoms with Crippen LogP contribution in [0.3, 0.4) is 0 Å². The number of aliphatic hydroxyl groups excluding tert-OH is 2. The summed E-state index contributed by atoms with van der Waals surface area (Å²) in [7, 11) is 0. The zero-order valence-electron chi connectivity index (χ0n) is 30.4. The highest BCUT2D eigenvalue weighted by Gasteiger charge is 2.12. The fourth-order valence-corrected chi connectivity index (χ4v) is 5.16. The topological polar surface area (TPSA) is 93.1 Å². The van der Waals surface area contributed by atoms with Gasteiger partial charge in [0.15, 0.2) is 0 Å². The molecule has 0 rings (SSSR count). The van der Waals surface area contributed by atoms with E-state index in [0.29, 0.717) is 19.3 Å². The SMILES string of the molecule is CCCCC/C=C\C[C@@H](O)/C=C/C=C\C/C=C\CCCC(=O)OC[C@H](O)COC(=O)CCCCCCCCCCCCCCCCC. The summed E-state index contributed by atoms with van der Waals surface area (Å²) in [5, 5.41) is 19.9. The maximum Gasteiger partial charge on any atom is 0.305 e. The van der Waals surface area contributed by atoms with Crippen molar-refractivity contribution in [3.05, 3.63) is 48.6 Å². The van der Waals surface area contributed by atoms with Gasteiger partial charge in [-0.3, -0.25) is 9.59 Å². The summed E-state index contributed by atoms with van der Waals surface area (Å²) in [6.45, 7) is 4.15. The van der Waals surface area contributed by atoms with Gasteiger partial charge in [0.1, 0.15) is 19.3 Å². The molecule has 0 unspecified atom stereocenters. The van der Waals surface area contributed by atoms with Crippen LogP contribution in [0.1, 0.15) is 174 Å². The second kappa shape index (κ2) is 36.7. The Morgan fingerprint density at radius 3 is 1.57 bits per heavy atom. The van der Waals surface area contributed by atoms with Crippen molar-refractivity contribution in [1.29, 1.82) is 0 Å². The number of carbonyl (C=O) groups is 2. The number of aliphatic hydroxyl groups is 2. The first-order chi connectivity index (χ1) is 23.0. The van der Waals surface area contributed by atoms with Crippen LogP contribution in [0, 0.1) is 0 Å². The molecule has 0 bridgehead atoms. The molecule has 0 amide bonds. The van der Waals surface area contributed by atoms with Gasteiger partial charge in [0.05, 0.1) is 6.10 Å². The molecule has 0 aliphatic rings. The van der Waals surface area contributed by atoms with E-state index in [0.717, 1.165) is 38.5 Å². The molecule has 0 aromatic heterocycles. The average molecular weight is 661 g/mol. The first-order valence-electron chi connectivity index (χ1n) is 19.3. The van der Waals surface area contributed by atoms with Crippen LogP contribution < -0.4 is 0 Å². The molecule has 2 atom stereocenters. The first kappa shape index (κ1) is 44.8. The molecule has 0 radical (unpaired) electrons. The maximum atomic E-state index is 11.9. The van der Waals surface area contributed by atoms with Crippen molar-refractivity contribution >= 4 is 11.9 Å². The molecular formula is C41H72O6. The van der Waals surface area contributed by atoms with Crippen LogP contribution in [0.5, 0.6) is 0 Å². The Labute approximate surface area is 289 Å². The summed E-state index contributed by atoms with van der Waals surface area (Å²) >= 11 is 0. The molecule has 6 nitrogen and oxygen atoms in total. The summed E-state index contributed by atoms with van der Waals surface area (Å²) in [5.74, 6) is -0.665. The van der Waals surface area contributed by atoms with Gasteiger partial charge in [-0.15, -0.1) is 0 Å². The highest BCUT2D eigenvalue weighted by Crippen LogP contribution is 2.14. The Kier molecular flexibility index (Phi) is 35.0. The van der Waals surface area contributed by atoms with Crippen molar-refractivity contribution in [2.75, 3.05) is 13.2 Å². The first-order valence-corrected chi connectivity index (χ1v) is 19.3. The van der Waals surface area contributed by atoms with E-state index in [2.05, 4.69) is 26.0 Å². The lowest BCUT2D eigenvalue weighted by atomic mass is 10.0. The van der Waals surface area contributed by atoms with Crippen molar-refractivity contribution in [3.63, 3.8) is 0 Å². The monoisotopic (exact) mass is 661 g/mol. The summed E-state index contributed by atoms with van der Waals surface area (Å²) < 4.78 is 10.3. The third kappa shape index (κ3) is 36.5. The third-order valence-electron chi connectivity index (χ3n) is 8.15. The second-order valence-corrected chi connectivity index (χ2v) is 12.9. The van der Waals surface area contributed by atoms with Crippen LogP contribution in [-0.2, 0) is 19.1 Å². The van der Waals surface area contributed by atoms with E-state index in [1.807, 2.05) is 30.4 Å². The molecule has 0 heterocycles. The van der Waals surface area contributed by atoms with Gasteiger partial charge in [0.25, 0.3) is 0 Å². The third-order valence-corrected chi connectivity index (χ3v) is 8.15. The van der Waals surface area contributed by atoms with Gasteiger partial charge in [0.2, 0.25) is 0 Å². The fraction of sp³-hybridized carbons (Fsp3) is 0.756. The second-order valence-electron chi connectivity index (χ2n) is 12.9. The average Bonchev–Trinajstić information content (AvgIpc) is 3.06. The van der Waals surface area contributed by atoms with Gasteiger partial charge in [-0.25, -0.2) is 0 Å². The molecule has 2 N–H and O–H groups in total. The minimum Gasteiger partial charge on any atom is -0.463 e. The lowest BCUT2D eigenvalue weighted by Gasteiger charge is -2.12. The number of rotatable bonds is 34. The number of esters is 2. The van der Waals surface area contributed by atoms with Crippen LogP contribution in [-0.4, -0.2) is 47.6 Å². The standard InChI is InChI=1S/C41H72O6/c1-3-5-7-9-11-12-13-14-15-16-17-18-22-26-30-34-40(44)46-36-39(43)37-47-41(45)35-31-27-23-20-19-21-25-29-33-38(42)32-28-24-10-8-6-4-2/h20-21,23-25,28-29,33,38-39,42-43H,3-19,22,26-27,30-32,34-37H2,1-2H3/b23-20-,25-21-,28-24-,33-29+/t38-,39-/m1/s1. The van der Waals surface area contributed by atoms with Gasteiger partial charge in [-0.1, -0.05) is 165 Å².